The first kappa shape index (κ1) is 15.7. The first-order valence-corrected chi connectivity index (χ1v) is 7.64. The van der Waals surface area contributed by atoms with Crippen molar-refractivity contribution in [1.82, 2.24) is 4.72 Å². The number of sulfonamides is 1. The minimum absolute atomic E-state index is 0.0961. The van der Waals surface area contributed by atoms with Crippen molar-refractivity contribution in [3.05, 3.63) is 35.4 Å². The van der Waals surface area contributed by atoms with E-state index in [4.69, 9.17) is 0 Å². The topological polar surface area (TPSA) is 72.5 Å². The number of ether oxygens (including phenoxy) is 1. The fraction of sp³-hybridized carbons (Fsp3) is 0.462. The van der Waals surface area contributed by atoms with E-state index in [1.165, 1.54) is 7.11 Å². The van der Waals surface area contributed by atoms with Gasteiger partial charge in [0, 0.05) is 6.54 Å². The van der Waals surface area contributed by atoms with E-state index in [9.17, 15) is 13.2 Å². The van der Waals surface area contributed by atoms with Gasteiger partial charge in [-0.15, -0.1) is 0 Å². The smallest absolute Gasteiger partial charge is 0.337 e. The summed E-state index contributed by atoms with van der Waals surface area (Å²) in [4.78, 5) is 11.2. The Bertz CT molecular complexity index is 520. The van der Waals surface area contributed by atoms with Gasteiger partial charge in [-0.3, -0.25) is 0 Å². The Balaban J connectivity index is 2.70. The Morgan fingerprint density at radius 2 is 1.84 bits per heavy atom. The number of carbonyl (C=O) groups excluding carboxylic acids is 1. The highest BCUT2D eigenvalue weighted by Crippen LogP contribution is 2.09. The number of hydrogen-bond donors (Lipinski definition) is 1. The average Bonchev–Trinajstić information content (AvgIpc) is 2.36. The van der Waals surface area contributed by atoms with E-state index < -0.39 is 16.0 Å². The molecule has 1 rings (SSSR count). The predicted molar refractivity (Wildman–Crippen MR) is 73.2 cm³/mol. The normalized spacial score (nSPS) is 11.6. The van der Waals surface area contributed by atoms with Crippen LogP contribution in [0.15, 0.2) is 24.3 Å². The highest BCUT2D eigenvalue weighted by molar-refractivity contribution is 7.88. The molecule has 1 aromatic carbocycles. The Labute approximate surface area is 114 Å². The molecule has 0 saturated heterocycles. The maximum absolute atomic E-state index is 11.8. The van der Waals surface area contributed by atoms with Crippen molar-refractivity contribution in [1.29, 1.82) is 0 Å². The molecule has 0 spiro atoms. The summed E-state index contributed by atoms with van der Waals surface area (Å²) in [5.41, 5.74) is 1.03. The first-order valence-electron chi connectivity index (χ1n) is 5.98. The summed E-state index contributed by atoms with van der Waals surface area (Å²) in [6.07, 6.45) is 0. The number of rotatable bonds is 6. The second-order valence-corrected chi connectivity index (χ2v) is 6.50. The van der Waals surface area contributed by atoms with Crippen LogP contribution in [0.3, 0.4) is 0 Å². The van der Waals surface area contributed by atoms with E-state index in [1.807, 2.05) is 13.8 Å². The van der Waals surface area contributed by atoms with Crippen LogP contribution in [0.1, 0.15) is 29.8 Å². The molecule has 0 aromatic heterocycles. The summed E-state index contributed by atoms with van der Waals surface area (Å²) in [5.74, 6) is -0.273. The van der Waals surface area contributed by atoms with Crippen LogP contribution in [-0.4, -0.2) is 28.0 Å². The fourth-order valence-electron chi connectivity index (χ4n) is 1.42. The summed E-state index contributed by atoms with van der Waals surface area (Å²) in [6, 6.07) is 6.33. The zero-order valence-corrected chi connectivity index (χ0v) is 12.2. The summed E-state index contributed by atoms with van der Waals surface area (Å²) in [5, 5.41) is 0. The second-order valence-electron chi connectivity index (χ2n) is 4.69. The molecular weight excluding hydrogens is 266 g/mol. The monoisotopic (exact) mass is 285 g/mol. The van der Waals surface area contributed by atoms with Gasteiger partial charge in [0.2, 0.25) is 10.0 Å². The maximum atomic E-state index is 11.8. The average molecular weight is 285 g/mol. The van der Waals surface area contributed by atoms with Gasteiger partial charge in [0.25, 0.3) is 0 Å². The number of benzene rings is 1. The highest BCUT2D eigenvalue weighted by atomic mass is 32.2. The molecule has 0 heterocycles. The van der Waals surface area contributed by atoms with E-state index in [1.54, 1.807) is 24.3 Å². The van der Waals surface area contributed by atoms with Crippen molar-refractivity contribution in [2.75, 3.05) is 13.7 Å². The Morgan fingerprint density at radius 1 is 1.26 bits per heavy atom. The first-order chi connectivity index (χ1) is 8.84. The molecule has 0 unspecified atom stereocenters. The van der Waals surface area contributed by atoms with Crippen LogP contribution in [0.4, 0.5) is 0 Å². The Morgan fingerprint density at radius 3 is 2.32 bits per heavy atom. The molecule has 5 nitrogen and oxygen atoms in total. The van der Waals surface area contributed by atoms with Gasteiger partial charge in [0.1, 0.15) is 0 Å². The number of nitrogens with one attached hydrogen (secondary N) is 1. The zero-order valence-electron chi connectivity index (χ0n) is 11.3. The lowest BCUT2D eigenvalue weighted by atomic mass is 10.1. The SMILES string of the molecule is COC(=O)c1ccc(CS(=O)(=O)NCC(C)C)cc1. The minimum atomic E-state index is -3.33. The lowest BCUT2D eigenvalue weighted by Gasteiger charge is -2.09. The number of carbonyl (C=O) groups is 1. The summed E-state index contributed by atoms with van der Waals surface area (Å²) in [6.45, 7) is 4.30. The van der Waals surface area contributed by atoms with Gasteiger partial charge in [0.05, 0.1) is 18.4 Å². The summed E-state index contributed by atoms with van der Waals surface area (Å²) >= 11 is 0. The molecule has 0 aliphatic rings. The van der Waals surface area contributed by atoms with Crippen LogP contribution < -0.4 is 4.72 Å². The van der Waals surface area contributed by atoms with Gasteiger partial charge in [0.15, 0.2) is 0 Å². The van der Waals surface area contributed by atoms with Crippen molar-refractivity contribution in [2.45, 2.75) is 19.6 Å². The molecule has 0 amide bonds. The van der Waals surface area contributed by atoms with Crippen LogP contribution in [0.2, 0.25) is 0 Å². The summed E-state index contributed by atoms with van der Waals surface area (Å²) < 4.78 is 30.7. The third-order valence-corrected chi connectivity index (χ3v) is 3.76. The van der Waals surface area contributed by atoms with Gasteiger partial charge in [-0.25, -0.2) is 17.9 Å². The molecule has 106 valence electrons. The van der Waals surface area contributed by atoms with E-state index in [0.717, 1.165) is 0 Å². The number of methoxy groups -OCH3 is 1. The van der Waals surface area contributed by atoms with E-state index in [-0.39, 0.29) is 11.7 Å². The predicted octanol–water partition coefficient (Wildman–Crippen LogP) is 1.55. The van der Waals surface area contributed by atoms with Gasteiger partial charge in [-0.1, -0.05) is 26.0 Å². The van der Waals surface area contributed by atoms with Crippen LogP contribution in [0, 0.1) is 5.92 Å². The largest absolute Gasteiger partial charge is 0.465 e. The molecule has 0 fully saturated rings. The molecular formula is C13H19NO4S. The molecule has 0 bridgehead atoms. The number of esters is 1. The van der Waals surface area contributed by atoms with Crippen molar-refractivity contribution >= 4 is 16.0 Å². The quantitative estimate of drug-likeness (QED) is 0.805. The van der Waals surface area contributed by atoms with Gasteiger partial charge in [-0.2, -0.15) is 0 Å². The fourth-order valence-corrected chi connectivity index (χ4v) is 2.74. The van der Waals surface area contributed by atoms with Crippen molar-refractivity contribution in [2.24, 2.45) is 5.92 Å². The molecule has 0 atom stereocenters. The summed E-state index contributed by atoms with van der Waals surface area (Å²) in [7, 11) is -2.03. The number of hydrogen-bond acceptors (Lipinski definition) is 4. The Kier molecular flexibility index (Phi) is 5.50. The standard InChI is InChI=1S/C13H19NO4S/c1-10(2)8-14-19(16,17)9-11-4-6-12(7-5-11)13(15)18-3/h4-7,10,14H,8-9H2,1-3H3. The zero-order chi connectivity index (χ0) is 14.5. The van der Waals surface area contributed by atoms with Crippen LogP contribution >= 0.6 is 0 Å². The molecule has 0 aliphatic carbocycles. The molecule has 1 N–H and O–H groups in total. The lowest BCUT2D eigenvalue weighted by Crippen LogP contribution is -2.28. The molecule has 0 aliphatic heterocycles. The maximum Gasteiger partial charge on any atom is 0.337 e. The van der Waals surface area contributed by atoms with E-state index in [0.29, 0.717) is 17.7 Å². The van der Waals surface area contributed by atoms with Crippen molar-refractivity contribution in [3.8, 4) is 0 Å². The van der Waals surface area contributed by atoms with Gasteiger partial charge in [-0.05, 0) is 23.6 Å². The molecule has 6 heteroatoms. The third-order valence-electron chi connectivity index (χ3n) is 2.44. The van der Waals surface area contributed by atoms with Gasteiger partial charge >= 0.3 is 5.97 Å². The Hall–Kier alpha value is -1.40. The molecule has 0 radical (unpaired) electrons. The van der Waals surface area contributed by atoms with Crippen LogP contribution in [0.25, 0.3) is 0 Å². The van der Waals surface area contributed by atoms with Crippen LogP contribution in [-0.2, 0) is 20.5 Å². The van der Waals surface area contributed by atoms with E-state index >= 15 is 0 Å². The highest BCUT2D eigenvalue weighted by Gasteiger charge is 2.12. The second kappa shape index (κ2) is 6.68. The lowest BCUT2D eigenvalue weighted by molar-refractivity contribution is 0.0600. The minimum Gasteiger partial charge on any atom is -0.465 e. The molecule has 19 heavy (non-hydrogen) atoms. The third kappa shape index (κ3) is 5.40. The van der Waals surface area contributed by atoms with Crippen LogP contribution in [0.5, 0.6) is 0 Å². The van der Waals surface area contributed by atoms with Gasteiger partial charge < -0.3 is 4.74 Å². The molecule has 0 saturated carbocycles. The van der Waals surface area contributed by atoms with Crippen molar-refractivity contribution < 1.29 is 17.9 Å². The molecule has 1 aromatic rings. The van der Waals surface area contributed by atoms with Crippen molar-refractivity contribution in [3.63, 3.8) is 0 Å². The van der Waals surface area contributed by atoms with E-state index in [2.05, 4.69) is 9.46 Å².